The number of piperidine rings is 1. The molecule has 28 heavy (non-hydrogen) atoms. The summed E-state index contributed by atoms with van der Waals surface area (Å²) in [6.45, 7) is 2.95. The minimum absolute atomic E-state index is 0.0625. The van der Waals surface area contributed by atoms with E-state index in [2.05, 4.69) is 10.2 Å². The van der Waals surface area contributed by atoms with Gasteiger partial charge in [-0.15, -0.1) is 0 Å². The van der Waals surface area contributed by atoms with Crippen molar-refractivity contribution in [1.82, 2.24) is 10.2 Å². The number of nitrogens with two attached hydrogens (primary N) is 1. The van der Waals surface area contributed by atoms with Gasteiger partial charge in [0, 0.05) is 19.0 Å². The minimum Gasteiger partial charge on any atom is -0.348 e. The molecule has 0 spiro atoms. The molecule has 3 N–H and O–H groups in total. The first-order valence-corrected chi connectivity index (χ1v) is 10.2. The van der Waals surface area contributed by atoms with Gasteiger partial charge in [-0.25, -0.2) is 4.39 Å². The van der Waals surface area contributed by atoms with Crippen LogP contribution in [0.4, 0.5) is 4.39 Å². The molecule has 1 aliphatic heterocycles. The average Bonchev–Trinajstić information content (AvgIpc) is 2.70. The van der Waals surface area contributed by atoms with E-state index in [4.69, 9.17) is 5.73 Å². The van der Waals surface area contributed by atoms with Crippen molar-refractivity contribution < 1.29 is 9.18 Å². The molecule has 2 aromatic rings. The van der Waals surface area contributed by atoms with Gasteiger partial charge in [0.05, 0.1) is 6.04 Å². The van der Waals surface area contributed by atoms with Crippen LogP contribution in [-0.4, -0.2) is 36.5 Å². The second-order valence-electron chi connectivity index (χ2n) is 7.65. The molecule has 0 aromatic heterocycles. The summed E-state index contributed by atoms with van der Waals surface area (Å²) in [5, 5.41) is 3.16. The first kappa shape index (κ1) is 20.5. The van der Waals surface area contributed by atoms with Crippen molar-refractivity contribution in [3.8, 4) is 0 Å². The summed E-state index contributed by atoms with van der Waals surface area (Å²) in [4.78, 5) is 15.1. The molecule has 1 aliphatic rings. The van der Waals surface area contributed by atoms with Gasteiger partial charge in [-0.2, -0.15) is 0 Å². The first-order valence-electron chi connectivity index (χ1n) is 10.2. The van der Waals surface area contributed by atoms with Gasteiger partial charge in [-0.05, 0) is 49.5 Å². The Balaban J connectivity index is 1.59. The summed E-state index contributed by atoms with van der Waals surface area (Å²) in [6, 6.07) is 16.2. The van der Waals surface area contributed by atoms with Gasteiger partial charge in [-0.1, -0.05) is 55.0 Å². The number of carbonyl (C=O) groups excluding carboxylic acids is 1. The molecule has 5 heteroatoms. The fourth-order valence-corrected chi connectivity index (χ4v) is 3.83. The number of nitrogens with zero attached hydrogens (tertiary/aromatic N) is 1. The van der Waals surface area contributed by atoms with Gasteiger partial charge in [0.1, 0.15) is 5.82 Å². The molecule has 3 rings (SSSR count). The molecule has 0 radical (unpaired) electrons. The highest BCUT2D eigenvalue weighted by molar-refractivity contribution is 5.77. The maximum atomic E-state index is 13.8. The Labute approximate surface area is 166 Å². The molecule has 2 atom stereocenters. The SMILES string of the molecule is N[C@@H](CC(=O)NC(CN1CCCCC1)c1ccccc1)Cc1ccccc1F. The molecular weight excluding hydrogens is 353 g/mol. The molecule has 150 valence electrons. The smallest absolute Gasteiger partial charge is 0.222 e. The average molecular weight is 384 g/mol. The first-order chi connectivity index (χ1) is 13.6. The van der Waals surface area contributed by atoms with Crippen LogP contribution >= 0.6 is 0 Å². The topological polar surface area (TPSA) is 58.4 Å². The van der Waals surface area contributed by atoms with Gasteiger partial charge in [0.25, 0.3) is 0 Å². The predicted molar refractivity (Wildman–Crippen MR) is 110 cm³/mol. The van der Waals surface area contributed by atoms with E-state index in [9.17, 15) is 9.18 Å². The third-order valence-corrected chi connectivity index (χ3v) is 5.31. The number of rotatable bonds is 8. The maximum Gasteiger partial charge on any atom is 0.222 e. The van der Waals surface area contributed by atoms with E-state index in [-0.39, 0.29) is 24.2 Å². The highest BCUT2D eigenvalue weighted by Crippen LogP contribution is 2.18. The standard InChI is InChI=1S/C23H30FN3O/c24-21-12-6-5-11-19(21)15-20(25)16-23(28)26-22(18-9-3-1-4-10-18)17-27-13-7-2-8-14-27/h1,3-6,9-12,20,22H,2,7-8,13-17,25H2,(H,26,28)/t20-,22?/m1/s1. The molecule has 0 saturated carbocycles. The van der Waals surface area contributed by atoms with Gasteiger partial charge >= 0.3 is 0 Å². The van der Waals surface area contributed by atoms with Crippen molar-refractivity contribution in [3.05, 3.63) is 71.5 Å². The zero-order chi connectivity index (χ0) is 19.8. The van der Waals surface area contributed by atoms with Crippen LogP contribution in [0.2, 0.25) is 0 Å². The summed E-state index contributed by atoms with van der Waals surface area (Å²) in [5.74, 6) is -0.361. The van der Waals surface area contributed by atoms with E-state index in [1.807, 2.05) is 30.3 Å². The predicted octanol–water partition coefficient (Wildman–Crippen LogP) is 3.43. The van der Waals surface area contributed by atoms with Gasteiger partial charge in [0.15, 0.2) is 0 Å². The monoisotopic (exact) mass is 383 g/mol. The summed E-state index contributed by atoms with van der Waals surface area (Å²) < 4.78 is 13.8. The number of likely N-dealkylation sites (tertiary alicyclic amines) is 1. The van der Waals surface area contributed by atoms with Crippen molar-refractivity contribution in [2.45, 2.75) is 44.2 Å². The Hall–Kier alpha value is -2.24. The Morgan fingerprint density at radius 1 is 1.04 bits per heavy atom. The van der Waals surface area contributed by atoms with Crippen molar-refractivity contribution >= 4 is 5.91 Å². The molecule has 1 fully saturated rings. The highest BCUT2D eigenvalue weighted by Gasteiger charge is 2.21. The minimum atomic E-state index is -0.414. The number of benzene rings is 2. The number of hydrogen-bond donors (Lipinski definition) is 2. The van der Waals surface area contributed by atoms with Gasteiger partial charge in [-0.3, -0.25) is 4.79 Å². The van der Waals surface area contributed by atoms with Crippen molar-refractivity contribution in [2.75, 3.05) is 19.6 Å². The number of nitrogens with one attached hydrogen (secondary N) is 1. The fourth-order valence-electron chi connectivity index (χ4n) is 3.83. The Morgan fingerprint density at radius 3 is 2.43 bits per heavy atom. The Kier molecular flexibility index (Phi) is 7.57. The number of amides is 1. The second-order valence-corrected chi connectivity index (χ2v) is 7.65. The summed E-state index contributed by atoms with van der Waals surface area (Å²) in [5.41, 5.74) is 7.79. The second kappa shape index (κ2) is 10.3. The molecule has 1 unspecified atom stereocenters. The molecule has 0 bridgehead atoms. The van der Waals surface area contributed by atoms with Crippen LogP contribution in [0.5, 0.6) is 0 Å². The van der Waals surface area contributed by atoms with E-state index < -0.39 is 6.04 Å². The van der Waals surface area contributed by atoms with E-state index in [1.54, 1.807) is 18.2 Å². The fraction of sp³-hybridized carbons (Fsp3) is 0.435. The molecule has 0 aliphatic carbocycles. The summed E-state index contributed by atoms with van der Waals surface area (Å²) >= 11 is 0. The third kappa shape index (κ3) is 6.14. The van der Waals surface area contributed by atoms with E-state index in [1.165, 1.54) is 25.3 Å². The summed E-state index contributed by atoms with van der Waals surface area (Å²) in [6.07, 6.45) is 4.23. The van der Waals surface area contributed by atoms with Gasteiger partial charge < -0.3 is 16.0 Å². The lowest BCUT2D eigenvalue weighted by molar-refractivity contribution is -0.122. The van der Waals surface area contributed by atoms with Crippen molar-refractivity contribution in [3.63, 3.8) is 0 Å². The number of halogens is 1. The lowest BCUT2D eigenvalue weighted by Crippen LogP contribution is -2.41. The molecule has 1 heterocycles. The lowest BCUT2D eigenvalue weighted by atomic mass is 10.0. The Bertz CT molecular complexity index is 747. The highest BCUT2D eigenvalue weighted by atomic mass is 19.1. The maximum absolute atomic E-state index is 13.8. The third-order valence-electron chi connectivity index (χ3n) is 5.31. The lowest BCUT2D eigenvalue weighted by Gasteiger charge is -2.31. The Morgan fingerprint density at radius 2 is 1.71 bits per heavy atom. The largest absolute Gasteiger partial charge is 0.348 e. The molecule has 2 aromatic carbocycles. The van der Waals surface area contributed by atoms with Crippen LogP contribution in [0.25, 0.3) is 0 Å². The number of carbonyl (C=O) groups is 1. The van der Waals surface area contributed by atoms with E-state index >= 15 is 0 Å². The van der Waals surface area contributed by atoms with Gasteiger partial charge in [0.2, 0.25) is 5.91 Å². The molecule has 1 saturated heterocycles. The van der Waals surface area contributed by atoms with Crippen LogP contribution in [0.15, 0.2) is 54.6 Å². The van der Waals surface area contributed by atoms with Crippen LogP contribution in [-0.2, 0) is 11.2 Å². The van der Waals surface area contributed by atoms with Crippen molar-refractivity contribution in [1.29, 1.82) is 0 Å². The summed E-state index contributed by atoms with van der Waals surface area (Å²) in [7, 11) is 0. The van der Waals surface area contributed by atoms with Crippen LogP contribution in [0.1, 0.15) is 42.9 Å². The number of hydrogen-bond acceptors (Lipinski definition) is 3. The molecular formula is C23H30FN3O. The zero-order valence-electron chi connectivity index (χ0n) is 16.3. The quantitative estimate of drug-likeness (QED) is 0.734. The van der Waals surface area contributed by atoms with Crippen LogP contribution < -0.4 is 11.1 Å². The normalized spacial score (nSPS) is 17.1. The van der Waals surface area contributed by atoms with Crippen LogP contribution in [0.3, 0.4) is 0 Å². The van der Waals surface area contributed by atoms with E-state index in [0.717, 1.165) is 25.2 Å². The van der Waals surface area contributed by atoms with E-state index in [0.29, 0.717) is 12.0 Å². The molecule has 1 amide bonds. The molecule has 4 nitrogen and oxygen atoms in total. The van der Waals surface area contributed by atoms with Crippen molar-refractivity contribution in [2.24, 2.45) is 5.73 Å². The zero-order valence-corrected chi connectivity index (χ0v) is 16.3. The van der Waals surface area contributed by atoms with Crippen LogP contribution in [0, 0.1) is 5.82 Å².